The fourth-order valence-electron chi connectivity index (χ4n) is 6.98. The molecule has 4 aliphatic rings. The number of cyclic esters (lactones) is 1. The zero-order valence-corrected chi connectivity index (χ0v) is 19.1. The Balaban J connectivity index is 1.38. The number of carbonyl (C=O) groups excluding carboxylic acids is 1. The predicted octanol–water partition coefficient (Wildman–Crippen LogP) is 4.72. The zero-order valence-electron chi connectivity index (χ0n) is 19.1. The van der Waals surface area contributed by atoms with Crippen LogP contribution in [-0.4, -0.2) is 36.5 Å². The summed E-state index contributed by atoms with van der Waals surface area (Å²) in [6, 6.07) is 10.2. The molecule has 0 bridgehead atoms. The Labute approximate surface area is 190 Å². The lowest BCUT2D eigenvalue weighted by Crippen LogP contribution is -2.60. The van der Waals surface area contributed by atoms with Gasteiger partial charge in [-0.25, -0.2) is 4.79 Å². The van der Waals surface area contributed by atoms with Crippen molar-refractivity contribution >= 4 is 5.97 Å². The van der Waals surface area contributed by atoms with Crippen molar-refractivity contribution in [1.29, 1.82) is 0 Å². The maximum Gasteiger partial charge on any atom is 0.336 e. The third-order valence-electron chi connectivity index (χ3n) is 8.76. The molecule has 4 fully saturated rings. The maximum absolute atomic E-state index is 12.0. The second kappa shape index (κ2) is 8.12. The summed E-state index contributed by atoms with van der Waals surface area (Å²) in [5, 5.41) is 10.1. The Morgan fingerprint density at radius 1 is 1.19 bits per heavy atom. The molecule has 2 saturated heterocycles. The number of aliphatic hydroxyl groups is 1. The molecule has 5 heteroatoms. The molecule has 2 heterocycles. The molecule has 1 aromatic carbocycles. The Kier molecular flexibility index (Phi) is 5.55. The summed E-state index contributed by atoms with van der Waals surface area (Å²) in [7, 11) is 0. The van der Waals surface area contributed by atoms with Gasteiger partial charge in [0.25, 0.3) is 0 Å². The van der Waals surface area contributed by atoms with Crippen molar-refractivity contribution in [1.82, 2.24) is 0 Å². The van der Waals surface area contributed by atoms with Crippen LogP contribution in [0.4, 0.5) is 0 Å². The largest absolute Gasteiger partial charge is 0.459 e. The van der Waals surface area contributed by atoms with E-state index in [0.717, 1.165) is 31.2 Å². The number of ether oxygens (including phenoxy) is 3. The number of esters is 1. The molecule has 5 nitrogen and oxygen atoms in total. The monoisotopic (exact) mass is 438 g/mol. The van der Waals surface area contributed by atoms with E-state index < -0.39 is 12.1 Å². The Bertz CT molecular complexity index is 923. The summed E-state index contributed by atoms with van der Waals surface area (Å²) in [6.07, 6.45) is 5.77. The molecule has 172 valence electrons. The zero-order chi connectivity index (χ0) is 22.5. The molecular formula is C27H34O5. The average molecular weight is 439 g/mol. The highest BCUT2D eigenvalue weighted by Crippen LogP contribution is 2.63. The van der Waals surface area contributed by atoms with Crippen molar-refractivity contribution in [3.63, 3.8) is 0 Å². The van der Waals surface area contributed by atoms with Crippen molar-refractivity contribution < 1.29 is 24.1 Å². The minimum atomic E-state index is -0.814. The summed E-state index contributed by atoms with van der Waals surface area (Å²) >= 11 is 0. The SMILES string of the molecule is C=C1CCC2[C@]3(C)CO[C@H](c4ccccc4)O[C@@H]3CC[C@]2(C)[C@H]1C/C=C1/C(=O)OC[C@H]1O. The number of carbonyl (C=O) groups is 1. The highest BCUT2D eigenvalue weighted by Gasteiger charge is 2.60. The molecule has 0 amide bonds. The summed E-state index contributed by atoms with van der Waals surface area (Å²) in [6.45, 7) is 9.89. The van der Waals surface area contributed by atoms with Gasteiger partial charge in [-0.15, -0.1) is 0 Å². The number of benzene rings is 1. The van der Waals surface area contributed by atoms with E-state index in [1.807, 2.05) is 24.3 Å². The number of rotatable bonds is 3. The lowest BCUT2D eigenvalue weighted by Gasteiger charge is -2.62. The minimum Gasteiger partial charge on any atom is -0.459 e. The molecule has 7 atom stereocenters. The van der Waals surface area contributed by atoms with E-state index in [4.69, 9.17) is 14.2 Å². The second-order valence-electron chi connectivity index (χ2n) is 10.5. The second-order valence-corrected chi connectivity index (χ2v) is 10.5. The third kappa shape index (κ3) is 3.46. The summed E-state index contributed by atoms with van der Waals surface area (Å²) in [5.74, 6) is 0.316. The van der Waals surface area contributed by atoms with Crippen molar-refractivity contribution in [3.8, 4) is 0 Å². The summed E-state index contributed by atoms with van der Waals surface area (Å²) in [4.78, 5) is 12.0. The van der Waals surface area contributed by atoms with Crippen LogP contribution in [-0.2, 0) is 19.0 Å². The molecule has 1 unspecified atom stereocenters. The van der Waals surface area contributed by atoms with Gasteiger partial charge in [-0.05, 0) is 49.4 Å². The van der Waals surface area contributed by atoms with Crippen LogP contribution in [0.2, 0.25) is 0 Å². The molecule has 1 aromatic rings. The van der Waals surface area contributed by atoms with Crippen molar-refractivity contribution in [3.05, 3.63) is 59.7 Å². The molecule has 2 saturated carbocycles. The predicted molar refractivity (Wildman–Crippen MR) is 120 cm³/mol. The van der Waals surface area contributed by atoms with Crippen LogP contribution in [0.1, 0.15) is 57.8 Å². The van der Waals surface area contributed by atoms with Crippen LogP contribution in [0.5, 0.6) is 0 Å². The molecule has 5 rings (SSSR count). The standard InChI is InChI=1S/C27H34O5/c1-17-9-12-22-26(2,20(17)11-10-19-21(28)15-30-24(19)29)14-13-23-27(22,3)16-31-25(32-23)18-7-5-4-6-8-18/h4-8,10,20-23,25,28H,1,9,11-16H2,2-3H3/b19-10+/t20-,21+,22?,23+,25-,26+,27-/m0/s1. The van der Waals surface area contributed by atoms with E-state index >= 15 is 0 Å². The van der Waals surface area contributed by atoms with Crippen LogP contribution >= 0.6 is 0 Å². The number of hydrogen-bond donors (Lipinski definition) is 1. The quantitative estimate of drug-likeness (QED) is 0.420. The highest BCUT2D eigenvalue weighted by molar-refractivity contribution is 5.91. The average Bonchev–Trinajstić information content (AvgIpc) is 3.10. The first-order valence-electron chi connectivity index (χ1n) is 11.9. The van der Waals surface area contributed by atoms with Gasteiger partial charge in [0.1, 0.15) is 12.7 Å². The number of hydrogen-bond acceptors (Lipinski definition) is 5. The molecule has 2 aliphatic carbocycles. The molecule has 1 N–H and O–H groups in total. The number of aliphatic hydroxyl groups excluding tert-OH is 1. The number of allylic oxidation sites excluding steroid dienone is 2. The van der Waals surface area contributed by atoms with Gasteiger partial charge in [-0.3, -0.25) is 0 Å². The molecule has 2 aliphatic heterocycles. The van der Waals surface area contributed by atoms with Crippen molar-refractivity contribution in [2.45, 2.75) is 64.4 Å². The fourth-order valence-corrected chi connectivity index (χ4v) is 6.98. The number of fused-ring (bicyclic) bond motifs is 3. The van der Waals surface area contributed by atoms with Gasteiger partial charge in [-0.2, -0.15) is 0 Å². The van der Waals surface area contributed by atoms with Gasteiger partial charge in [0.2, 0.25) is 0 Å². The first-order valence-corrected chi connectivity index (χ1v) is 11.9. The van der Waals surface area contributed by atoms with E-state index in [1.165, 1.54) is 5.57 Å². The first kappa shape index (κ1) is 21.9. The maximum atomic E-state index is 12.0. The summed E-state index contributed by atoms with van der Waals surface area (Å²) in [5.41, 5.74) is 2.72. The topological polar surface area (TPSA) is 65.0 Å². The van der Waals surface area contributed by atoms with E-state index in [1.54, 1.807) is 0 Å². The Morgan fingerprint density at radius 2 is 1.97 bits per heavy atom. The van der Waals surface area contributed by atoms with E-state index in [0.29, 0.717) is 24.5 Å². The van der Waals surface area contributed by atoms with E-state index in [2.05, 4.69) is 32.6 Å². The summed E-state index contributed by atoms with van der Waals surface area (Å²) < 4.78 is 17.9. The van der Waals surface area contributed by atoms with E-state index in [-0.39, 0.29) is 35.7 Å². The van der Waals surface area contributed by atoms with Gasteiger partial charge < -0.3 is 19.3 Å². The van der Waals surface area contributed by atoms with Gasteiger partial charge >= 0.3 is 5.97 Å². The normalized spacial score (nSPS) is 43.0. The van der Waals surface area contributed by atoms with Crippen LogP contribution < -0.4 is 0 Å². The molecular weight excluding hydrogens is 404 g/mol. The Hall–Kier alpha value is -1.95. The smallest absolute Gasteiger partial charge is 0.336 e. The van der Waals surface area contributed by atoms with Crippen molar-refractivity contribution in [2.75, 3.05) is 13.2 Å². The first-order chi connectivity index (χ1) is 15.3. The molecule has 0 spiro atoms. The lowest BCUT2D eigenvalue weighted by atomic mass is 9.46. The van der Waals surface area contributed by atoms with Crippen LogP contribution in [0.15, 0.2) is 54.1 Å². The van der Waals surface area contributed by atoms with Gasteiger partial charge in [-0.1, -0.05) is 62.4 Å². The Morgan fingerprint density at radius 3 is 2.69 bits per heavy atom. The van der Waals surface area contributed by atoms with Gasteiger partial charge in [0.05, 0.1) is 18.3 Å². The lowest BCUT2D eigenvalue weighted by molar-refractivity contribution is -0.307. The van der Waals surface area contributed by atoms with E-state index in [9.17, 15) is 9.90 Å². The van der Waals surface area contributed by atoms with Gasteiger partial charge in [0, 0.05) is 11.0 Å². The molecule has 0 radical (unpaired) electrons. The van der Waals surface area contributed by atoms with Gasteiger partial charge in [0.15, 0.2) is 6.29 Å². The minimum absolute atomic E-state index is 0.0530. The fraction of sp³-hybridized carbons (Fsp3) is 0.593. The van der Waals surface area contributed by atoms with Crippen molar-refractivity contribution in [2.24, 2.45) is 22.7 Å². The van der Waals surface area contributed by atoms with Crippen LogP contribution in [0, 0.1) is 22.7 Å². The molecule has 0 aromatic heterocycles. The molecule has 32 heavy (non-hydrogen) atoms. The highest BCUT2D eigenvalue weighted by atomic mass is 16.7. The van der Waals surface area contributed by atoms with Crippen LogP contribution in [0.3, 0.4) is 0 Å². The third-order valence-corrected chi connectivity index (χ3v) is 8.76. The van der Waals surface area contributed by atoms with Crippen LogP contribution in [0.25, 0.3) is 0 Å².